The van der Waals surface area contributed by atoms with Crippen LogP contribution in [-0.4, -0.2) is 17.7 Å². The first-order valence-electron chi connectivity index (χ1n) is 4.92. The average molecular weight is 207 g/mol. The number of ether oxygens (including phenoxy) is 1. The monoisotopic (exact) mass is 207 g/mol. The number of carboxylic acid groups (broad SMARTS) is 1. The maximum absolute atomic E-state index is 10.7. The van der Waals surface area contributed by atoms with Gasteiger partial charge in [-0.3, -0.25) is 0 Å². The summed E-state index contributed by atoms with van der Waals surface area (Å²) < 4.78 is 5.46. The van der Waals surface area contributed by atoms with Crippen molar-refractivity contribution in [1.82, 2.24) is 0 Å². The first-order valence-corrected chi connectivity index (χ1v) is 4.92. The molecule has 0 saturated heterocycles. The minimum atomic E-state index is -0.966. The van der Waals surface area contributed by atoms with Gasteiger partial charge in [0.15, 0.2) is 0 Å². The molecule has 1 aliphatic carbocycles. The van der Waals surface area contributed by atoms with Crippen LogP contribution >= 0.6 is 0 Å². The Bertz CT molecular complexity index is 385. The molecule has 2 rings (SSSR count). The molecule has 1 aromatic carbocycles. The van der Waals surface area contributed by atoms with Gasteiger partial charge in [-0.15, -0.1) is 0 Å². The van der Waals surface area contributed by atoms with E-state index in [1.54, 1.807) is 6.07 Å². The molecule has 0 bridgehead atoms. The van der Waals surface area contributed by atoms with Crippen LogP contribution in [0.4, 0.5) is 5.69 Å². The smallest absolute Gasteiger partial charge is 0.335 e. The molecule has 1 aliphatic rings. The van der Waals surface area contributed by atoms with Gasteiger partial charge in [0, 0.05) is 0 Å². The molecule has 1 aromatic rings. The van der Waals surface area contributed by atoms with Gasteiger partial charge in [0.25, 0.3) is 0 Å². The largest absolute Gasteiger partial charge is 0.491 e. The molecule has 0 aliphatic heterocycles. The summed E-state index contributed by atoms with van der Waals surface area (Å²) in [6.45, 7) is 0.632. The van der Waals surface area contributed by atoms with E-state index >= 15 is 0 Å². The van der Waals surface area contributed by atoms with Crippen LogP contribution in [0.25, 0.3) is 0 Å². The Kier molecular flexibility index (Phi) is 2.49. The number of anilines is 1. The Balaban J connectivity index is 2.12. The molecule has 1 saturated carbocycles. The summed E-state index contributed by atoms with van der Waals surface area (Å²) >= 11 is 0. The van der Waals surface area contributed by atoms with Gasteiger partial charge in [0.1, 0.15) is 5.75 Å². The van der Waals surface area contributed by atoms with E-state index in [0.717, 1.165) is 0 Å². The summed E-state index contributed by atoms with van der Waals surface area (Å²) in [4.78, 5) is 10.7. The van der Waals surface area contributed by atoms with E-state index in [2.05, 4.69) is 0 Å². The van der Waals surface area contributed by atoms with Crippen LogP contribution in [0.1, 0.15) is 23.2 Å². The Hall–Kier alpha value is -1.71. The second-order valence-corrected chi connectivity index (χ2v) is 3.81. The molecule has 15 heavy (non-hydrogen) atoms. The Labute approximate surface area is 87.7 Å². The molecular weight excluding hydrogens is 194 g/mol. The highest BCUT2D eigenvalue weighted by molar-refractivity contribution is 5.89. The van der Waals surface area contributed by atoms with Gasteiger partial charge >= 0.3 is 5.97 Å². The van der Waals surface area contributed by atoms with Gasteiger partial charge < -0.3 is 15.6 Å². The van der Waals surface area contributed by atoms with E-state index in [0.29, 0.717) is 24.0 Å². The summed E-state index contributed by atoms with van der Waals surface area (Å²) in [5, 5.41) is 8.79. The number of carboxylic acids is 1. The van der Waals surface area contributed by atoms with E-state index in [9.17, 15) is 4.79 Å². The highest BCUT2D eigenvalue weighted by Gasteiger charge is 2.22. The van der Waals surface area contributed by atoms with E-state index in [4.69, 9.17) is 15.6 Å². The van der Waals surface area contributed by atoms with Crippen molar-refractivity contribution in [2.24, 2.45) is 5.92 Å². The van der Waals surface area contributed by atoms with Crippen molar-refractivity contribution >= 4 is 11.7 Å². The molecule has 0 aromatic heterocycles. The van der Waals surface area contributed by atoms with Gasteiger partial charge in [0.2, 0.25) is 0 Å². The van der Waals surface area contributed by atoms with Gasteiger partial charge in [-0.2, -0.15) is 0 Å². The lowest BCUT2D eigenvalue weighted by atomic mass is 10.2. The zero-order valence-corrected chi connectivity index (χ0v) is 8.27. The van der Waals surface area contributed by atoms with Crippen molar-refractivity contribution in [2.45, 2.75) is 12.8 Å². The van der Waals surface area contributed by atoms with Crippen LogP contribution in [0.15, 0.2) is 18.2 Å². The lowest BCUT2D eigenvalue weighted by Crippen LogP contribution is -2.04. The molecular formula is C11H13NO3. The third-order valence-electron chi connectivity index (χ3n) is 2.43. The fraction of sp³-hybridized carbons (Fsp3) is 0.364. The van der Waals surface area contributed by atoms with Crippen LogP contribution in [0.2, 0.25) is 0 Å². The molecule has 4 heteroatoms. The third kappa shape index (κ3) is 2.40. The number of hydrogen-bond donors (Lipinski definition) is 2. The summed E-state index contributed by atoms with van der Waals surface area (Å²) in [7, 11) is 0. The van der Waals surface area contributed by atoms with E-state index in [-0.39, 0.29) is 5.56 Å². The van der Waals surface area contributed by atoms with Gasteiger partial charge in [-0.25, -0.2) is 4.79 Å². The highest BCUT2D eigenvalue weighted by atomic mass is 16.5. The van der Waals surface area contributed by atoms with Crippen molar-refractivity contribution in [3.8, 4) is 5.75 Å². The molecule has 3 N–H and O–H groups in total. The highest BCUT2D eigenvalue weighted by Crippen LogP contribution is 2.31. The second-order valence-electron chi connectivity index (χ2n) is 3.81. The quantitative estimate of drug-likeness (QED) is 0.738. The van der Waals surface area contributed by atoms with Crippen molar-refractivity contribution in [3.05, 3.63) is 23.8 Å². The zero-order chi connectivity index (χ0) is 10.8. The number of rotatable bonds is 4. The molecule has 0 spiro atoms. The topological polar surface area (TPSA) is 72.6 Å². The molecule has 1 fully saturated rings. The summed E-state index contributed by atoms with van der Waals surface area (Å²) in [6, 6.07) is 4.51. The standard InChI is InChI=1S/C11H13NO3/c12-9-4-3-8(11(13)14)5-10(9)15-6-7-1-2-7/h3-5,7H,1-2,6,12H2,(H,13,14). The van der Waals surface area contributed by atoms with Gasteiger partial charge in [0.05, 0.1) is 17.9 Å². The number of benzene rings is 1. The summed E-state index contributed by atoms with van der Waals surface area (Å²) in [6.07, 6.45) is 2.39. The van der Waals surface area contributed by atoms with Gasteiger partial charge in [-0.1, -0.05) is 0 Å². The van der Waals surface area contributed by atoms with Crippen LogP contribution in [-0.2, 0) is 0 Å². The predicted molar refractivity (Wildman–Crippen MR) is 56.0 cm³/mol. The van der Waals surface area contributed by atoms with E-state index in [1.807, 2.05) is 0 Å². The van der Waals surface area contributed by atoms with E-state index < -0.39 is 5.97 Å². The van der Waals surface area contributed by atoms with Crippen LogP contribution < -0.4 is 10.5 Å². The number of aromatic carboxylic acids is 1. The van der Waals surface area contributed by atoms with Crippen LogP contribution in [0, 0.1) is 5.92 Å². The summed E-state index contributed by atoms with van der Waals surface area (Å²) in [5.74, 6) is 0.131. The number of nitrogen functional groups attached to an aromatic ring is 1. The van der Waals surface area contributed by atoms with Gasteiger partial charge in [-0.05, 0) is 37.0 Å². The third-order valence-corrected chi connectivity index (χ3v) is 2.43. The van der Waals surface area contributed by atoms with Crippen molar-refractivity contribution in [2.75, 3.05) is 12.3 Å². The minimum Gasteiger partial charge on any atom is -0.491 e. The summed E-state index contributed by atoms with van der Waals surface area (Å²) in [5.41, 5.74) is 6.37. The SMILES string of the molecule is Nc1ccc(C(=O)O)cc1OCC1CC1. The maximum atomic E-state index is 10.7. The fourth-order valence-electron chi connectivity index (χ4n) is 1.28. The van der Waals surface area contributed by atoms with Crippen LogP contribution in [0.5, 0.6) is 5.75 Å². The van der Waals surface area contributed by atoms with Crippen molar-refractivity contribution < 1.29 is 14.6 Å². The Morgan fingerprint density at radius 3 is 2.87 bits per heavy atom. The predicted octanol–water partition coefficient (Wildman–Crippen LogP) is 1.76. The molecule has 0 unspecified atom stereocenters. The molecule has 0 heterocycles. The maximum Gasteiger partial charge on any atom is 0.335 e. The van der Waals surface area contributed by atoms with Crippen molar-refractivity contribution in [3.63, 3.8) is 0 Å². The lowest BCUT2D eigenvalue weighted by molar-refractivity contribution is 0.0696. The second kappa shape index (κ2) is 3.81. The zero-order valence-electron chi connectivity index (χ0n) is 8.27. The minimum absolute atomic E-state index is 0.204. The van der Waals surface area contributed by atoms with Crippen LogP contribution in [0.3, 0.4) is 0 Å². The number of carbonyl (C=O) groups is 1. The molecule has 0 radical (unpaired) electrons. The molecule has 0 amide bonds. The Morgan fingerprint density at radius 2 is 2.27 bits per heavy atom. The Morgan fingerprint density at radius 1 is 1.53 bits per heavy atom. The molecule has 0 atom stereocenters. The first-order chi connectivity index (χ1) is 7.16. The molecule has 4 nitrogen and oxygen atoms in total. The normalized spacial score (nSPS) is 14.9. The lowest BCUT2D eigenvalue weighted by Gasteiger charge is -2.08. The fourth-order valence-corrected chi connectivity index (χ4v) is 1.28. The number of hydrogen-bond acceptors (Lipinski definition) is 3. The number of nitrogens with two attached hydrogens (primary N) is 1. The molecule has 80 valence electrons. The van der Waals surface area contributed by atoms with E-state index in [1.165, 1.54) is 25.0 Å². The van der Waals surface area contributed by atoms with Crippen molar-refractivity contribution in [1.29, 1.82) is 0 Å². The average Bonchev–Trinajstić information content (AvgIpc) is 3.00. The first kappa shape index (κ1) is 9.83.